The molecule has 0 saturated heterocycles. The number of carbonyl (C=O) groups is 3. The van der Waals surface area contributed by atoms with Gasteiger partial charge in [-0.05, 0) is 11.4 Å². The minimum absolute atomic E-state index is 0.0776. The number of benzene rings is 1. The Kier molecular flexibility index (Phi) is 5.87. The van der Waals surface area contributed by atoms with Gasteiger partial charge in [-0.15, -0.1) is 11.3 Å². The second-order valence-corrected chi connectivity index (χ2v) is 5.64. The zero-order valence-electron chi connectivity index (χ0n) is 12.4. The fraction of sp³-hybridized carbons (Fsp3) is 0.188. The summed E-state index contributed by atoms with van der Waals surface area (Å²) in [5.74, 6) is -1.23. The number of carbonyl (C=O) groups excluding carboxylic acids is 3. The normalized spacial score (nSPS) is 11.3. The van der Waals surface area contributed by atoms with E-state index in [1.165, 1.54) is 18.4 Å². The van der Waals surface area contributed by atoms with Crippen LogP contribution in [0.2, 0.25) is 0 Å². The highest BCUT2D eigenvalue weighted by atomic mass is 32.1. The number of amides is 3. The number of urea groups is 1. The quantitative estimate of drug-likeness (QED) is 0.821. The standard InChI is InChI=1S/C16H16N2O4S/c1-17-16(21)18-15(20)14(11-6-3-2-4-7-11)22-13(19)10-12-8-5-9-23-12/h2-9,14H,10H2,1H3,(H2,17,18,20,21)/t14-/m1/s1. The molecule has 0 aliphatic carbocycles. The van der Waals surface area contributed by atoms with Crippen molar-refractivity contribution in [3.8, 4) is 0 Å². The Bertz CT molecular complexity index is 671. The van der Waals surface area contributed by atoms with Gasteiger partial charge in [-0.25, -0.2) is 4.79 Å². The maximum Gasteiger partial charge on any atom is 0.321 e. The highest BCUT2D eigenvalue weighted by Crippen LogP contribution is 2.19. The van der Waals surface area contributed by atoms with E-state index in [9.17, 15) is 14.4 Å². The van der Waals surface area contributed by atoms with Crippen LogP contribution in [0.1, 0.15) is 16.5 Å². The molecule has 3 amide bonds. The van der Waals surface area contributed by atoms with Crippen LogP contribution >= 0.6 is 11.3 Å². The molecule has 0 spiro atoms. The number of imide groups is 1. The molecule has 1 aromatic heterocycles. The van der Waals surface area contributed by atoms with Crippen molar-refractivity contribution in [2.45, 2.75) is 12.5 Å². The highest BCUT2D eigenvalue weighted by molar-refractivity contribution is 7.10. The molecule has 23 heavy (non-hydrogen) atoms. The van der Waals surface area contributed by atoms with E-state index in [2.05, 4.69) is 10.6 Å². The summed E-state index contributed by atoms with van der Waals surface area (Å²) >= 11 is 1.43. The lowest BCUT2D eigenvalue weighted by molar-refractivity contribution is -0.155. The largest absolute Gasteiger partial charge is 0.447 e. The van der Waals surface area contributed by atoms with E-state index in [1.54, 1.807) is 30.3 Å². The second kappa shape index (κ2) is 8.09. The number of ether oxygens (including phenoxy) is 1. The molecule has 1 heterocycles. The van der Waals surface area contributed by atoms with E-state index in [0.717, 1.165) is 4.88 Å². The first kappa shape index (κ1) is 16.7. The monoisotopic (exact) mass is 332 g/mol. The van der Waals surface area contributed by atoms with Crippen molar-refractivity contribution in [3.05, 3.63) is 58.3 Å². The molecule has 2 N–H and O–H groups in total. The molecule has 0 aliphatic heterocycles. The van der Waals surface area contributed by atoms with Crippen molar-refractivity contribution >= 4 is 29.2 Å². The van der Waals surface area contributed by atoms with Crippen LogP contribution in [0.3, 0.4) is 0 Å². The van der Waals surface area contributed by atoms with Gasteiger partial charge in [0.25, 0.3) is 5.91 Å². The molecule has 0 unspecified atom stereocenters. The Balaban J connectivity index is 2.11. The number of thiophene rings is 1. The summed E-state index contributed by atoms with van der Waals surface area (Å²) in [5, 5.41) is 6.27. The van der Waals surface area contributed by atoms with E-state index >= 15 is 0 Å². The Hall–Kier alpha value is -2.67. The average molecular weight is 332 g/mol. The van der Waals surface area contributed by atoms with Gasteiger partial charge in [0.15, 0.2) is 0 Å². The van der Waals surface area contributed by atoms with Crippen molar-refractivity contribution in [2.75, 3.05) is 7.05 Å². The van der Waals surface area contributed by atoms with Gasteiger partial charge in [0.2, 0.25) is 6.10 Å². The molecule has 7 heteroatoms. The summed E-state index contributed by atoms with van der Waals surface area (Å²) in [4.78, 5) is 36.4. The van der Waals surface area contributed by atoms with Crippen LogP contribution in [0.15, 0.2) is 47.8 Å². The Morgan fingerprint density at radius 1 is 1.13 bits per heavy atom. The first-order valence-corrected chi connectivity index (χ1v) is 7.77. The van der Waals surface area contributed by atoms with Gasteiger partial charge in [0.05, 0.1) is 6.42 Å². The zero-order valence-corrected chi connectivity index (χ0v) is 13.3. The SMILES string of the molecule is CNC(=O)NC(=O)[C@H](OC(=O)Cc1cccs1)c1ccccc1. The second-order valence-electron chi connectivity index (χ2n) is 4.61. The first-order valence-electron chi connectivity index (χ1n) is 6.89. The zero-order chi connectivity index (χ0) is 16.7. The topological polar surface area (TPSA) is 84.5 Å². The summed E-state index contributed by atoms with van der Waals surface area (Å²) in [6.07, 6.45) is -1.10. The van der Waals surface area contributed by atoms with Gasteiger partial charge in [-0.1, -0.05) is 36.4 Å². The minimum Gasteiger partial charge on any atom is -0.447 e. The van der Waals surface area contributed by atoms with E-state index in [4.69, 9.17) is 4.74 Å². The van der Waals surface area contributed by atoms with E-state index < -0.39 is 24.0 Å². The predicted molar refractivity (Wildman–Crippen MR) is 85.9 cm³/mol. The molecule has 0 fully saturated rings. The van der Waals surface area contributed by atoms with Crippen molar-refractivity contribution in [1.29, 1.82) is 0 Å². The maximum absolute atomic E-state index is 12.2. The lowest BCUT2D eigenvalue weighted by Crippen LogP contribution is -2.41. The number of rotatable bonds is 5. The molecule has 0 bridgehead atoms. The average Bonchev–Trinajstić information content (AvgIpc) is 3.06. The summed E-state index contributed by atoms with van der Waals surface area (Å²) < 4.78 is 5.29. The van der Waals surface area contributed by atoms with Crippen LogP contribution in [-0.2, 0) is 20.7 Å². The lowest BCUT2D eigenvalue weighted by atomic mass is 10.1. The Morgan fingerprint density at radius 3 is 2.48 bits per heavy atom. The van der Waals surface area contributed by atoms with Crippen LogP contribution in [0.25, 0.3) is 0 Å². The van der Waals surface area contributed by atoms with Crippen molar-refractivity contribution in [1.82, 2.24) is 10.6 Å². The molecule has 1 aromatic carbocycles. The molecular formula is C16H16N2O4S. The van der Waals surface area contributed by atoms with Crippen molar-refractivity contribution in [3.63, 3.8) is 0 Å². The molecule has 0 aliphatic rings. The summed E-state index contributed by atoms with van der Waals surface area (Å²) in [7, 11) is 1.39. The number of nitrogens with one attached hydrogen (secondary N) is 2. The molecule has 1 atom stereocenters. The van der Waals surface area contributed by atoms with Crippen LogP contribution in [-0.4, -0.2) is 25.0 Å². The Morgan fingerprint density at radius 2 is 1.87 bits per heavy atom. The third-order valence-corrected chi connectivity index (χ3v) is 3.83. The summed E-state index contributed by atoms with van der Waals surface area (Å²) in [5.41, 5.74) is 0.494. The van der Waals surface area contributed by atoms with E-state index in [0.29, 0.717) is 5.56 Å². The van der Waals surface area contributed by atoms with Crippen LogP contribution in [0.5, 0.6) is 0 Å². The van der Waals surface area contributed by atoms with Gasteiger partial charge >= 0.3 is 12.0 Å². The fourth-order valence-corrected chi connectivity index (χ4v) is 2.56. The number of esters is 1. The van der Waals surface area contributed by atoms with Gasteiger partial charge in [-0.3, -0.25) is 14.9 Å². The Labute approximate surface area is 137 Å². The van der Waals surface area contributed by atoms with Crippen LogP contribution < -0.4 is 10.6 Å². The molecule has 6 nitrogen and oxygen atoms in total. The molecular weight excluding hydrogens is 316 g/mol. The third kappa shape index (κ3) is 4.93. The van der Waals surface area contributed by atoms with Crippen molar-refractivity contribution < 1.29 is 19.1 Å². The van der Waals surface area contributed by atoms with Gasteiger partial charge < -0.3 is 10.1 Å². The third-order valence-electron chi connectivity index (χ3n) is 2.95. The molecule has 0 saturated carbocycles. The summed E-state index contributed by atoms with van der Waals surface area (Å²) in [6, 6.07) is 11.5. The lowest BCUT2D eigenvalue weighted by Gasteiger charge is -2.17. The smallest absolute Gasteiger partial charge is 0.321 e. The molecule has 120 valence electrons. The van der Waals surface area contributed by atoms with Gasteiger partial charge in [0.1, 0.15) is 0 Å². The van der Waals surface area contributed by atoms with E-state index in [-0.39, 0.29) is 6.42 Å². The summed E-state index contributed by atoms with van der Waals surface area (Å²) in [6.45, 7) is 0. The van der Waals surface area contributed by atoms with E-state index in [1.807, 2.05) is 17.5 Å². The minimum atomic E-state index is -1.18. The molecule has 0 radical (unpaired) electrons. The highest BCUT2D eigenvalue weighted by Gasteiger charge is 2.26. The predicted octanol–water partition coefficient (Wildman–Crippen LogP) is 2.03. The first-order chi connectivity index (χ1) is 11.1. The van der Waals surface area contributed by atoms with Crippen molar-refractivity contribution in [2.24, 2.45) is 0 Å². The maximum atomic E-state index is 12.2. The van der Waals surface area contributed by atoms with Gasteiger partial charge in [-0.2, -0.15) is 0 Å². The van der Waals surface area contributed by atoms with Gasteiger partial charge in [0, 0.05) is 17.5 Å². The van der Waals surface area contributed by atoms with Crippen LogP contribution in [0.4, 0.5) is 4.79 Å². The van der Waals surface area contributed by atoms with Crippen LogP contribution in [0, 0.1) is 0 Å². The number of hydrogen-bond donors (Lipinski definition) is 2. The fourth-order valence-electron chi connectivity index (χ4n) is 1.87. The molecule has 2 aromatic rings. The molecule has 2 rings (SSSR count). The number of hydrogen-bond acceptors (Lipinski definition) is 5.